The van der Waals surface area contributed by atoms with Gasteiger partial charge in [-0.3, -0.25) is 0 Å². The zero-order chi connectivity index (χ0) is 14.5. The average Bonchev–Trinajstić information content (AvgIpc) is 2.45. The highest BCUT2D eigenvalue weighted by molar-refractivity contribution is 9.10. The summed E-state index contributed by atoms with van der Waals surface area (Å²) in [5.74, 6) is 0.936. The number of hydrogen-bond donors (Lipinski definition) is 1. The van der Waals surface area contributed by atoms with E-state index in [0.717, 1.165) is 16.8 Å². The van der Waals surface area contributed by atoms with E-state index in [4.69, 9.17) is 4.74 Å². The summed E-state index contributed by atoms with van der Waals surface area (Å²) < 4.78 is 6.51. The van der Waals surface area contributed by atoms with E-state index in [2.05, 4.69) is 71.5 Å². The lowest BCUT2D eigenvalue weighted by molar-refractivity contribution is 0.406. The van der Waals surface area contributed by atoms with Crippen LogP contribution in [0.5, 0.6) is 5.75 Å². The second-order valence-electron chi connectivity index (χ2n) is 4.97. The van der Waals surface area contributed by atoms with Crippen LogP contribution in [0.1, 0.15) is 29.7 Å². The molecular formula is C17H20BrNO. The smallest absolute Gasteiger partial charge is 0.123 e. The lowest BCUT2D eigenvalue weighted by Crippen LogP contribution is -2.18. The van der Waals surface area contributed by atoms with Gasteiger partial charge < -0.3 is 10.1 Å². The standard InChI is InChI=1S/C17H20BrNO/c1-12-4-9-17(20-3)15(10-12)11-19-13(2)14-5-7-16(18)8-6-14/h4-10,13,19H,11H2,1-3H3/t13-/m1/s1. The zero-order valence-electron chi connectivity index (χ0n) is 12.1. The Balaban J connectivity index is 2.04. The van der Waals surface area contributed by atoms with Crippen LogP contribution in [0, 0.1) is 6.92 Å². The Bertz CT molecular complexity index is 566. The van der Waals surface area contributed by atoms with Crippen LogP contribution in [0.3, 0.4) is 0 Å². The largest absolute Gasteiger partial charge is 0.496 e. The van der Waals surface area contributed by atoms with Gasteiger partial charge in [-0.1, -0.05) is 45.8 Å². The molecule has 2 aromatic carbocycles. The molecule has 106 valence electrons. The van der Waals surface area contributed by atoms with E-state index in [1.165, 1.54) is 16.7 Å². The van der Waals surface area contributed by atoms with Crippen LogP contribution >= 0.6 is 15.9 Å². The summed E-state index contributed by atoms with van der Waals surface area (Å²) in [7, 11) is 1.71. The van der Waals surface area contributed by atoms with E-state index in [0.29, 0.717) is 6.04 Å². The van der Waals surface area contributed by atoms with Crippen LogP contribution in [-0.2, 0) is 6.54 Å². The third kappa shape index (κ3) is 3.84. The number of rotatable bonds is 5. The highest BCUT2D eigenvalue weighted by atomic mass is 79.9. The van der Waals surface area contributed by atoms with Crippen molar-refractivity contribution in [3.05, 3.63) is 63.6 Å². The zero-order valence-corrected chi connectivity index (χ0v) is 13.7. The minimum atomic E-state index is 0.299. The first-order chi connectivity index (χ1) is 9.60. The average molecular weight is 334 g/mol. The molecule has 0 heterocycles. The van der Waals surface area contributed by atoms with Crippen LogP contribution in [-0.4, -0.2) is 7.11 Å². The molecule has 0 saturated heterocycles. The molecule has 0 aliphatic rings. The van der Waals surface area contributed by atoms with Gasteiger partial charge >= 0.3 is 0 Å². The predicted octanol–water partition coefficient (Wildman–Crippen LogP) is 4.62. The van der Waals surface area contributed by atoms with E-state index >= 15 is 0 Å². The van der Waals surface area contributed by atoms with Crippen molar-refractivity contribution in [2.75, 3.05) is 7.11 Å². The molecule has 0 amide bonds. The van der Waals surface area contributed by atoms with Crippen LogP contribution in [0.2, 0.25) is 0 Å². The summed E-state index contributed by atoms with van der Waals surface area (Å²) in [4.78, 5) is 0. The predicted molar refractivity (Wildman–Crippen MR) is 87.1 cm³/mol. The van der Waals surface area contributed by atoms with E-state index < -0.39 is 0 Å². The Morgan fingerprint density at radius 1 is 1.15 bits per heavy atom. The monoisotopic (exact) mass is 333 g/mol. The van der Waals surface area contributed by atoms with Crippen molar-refractivity contribution in [1.82, 2.24) is 5.32 Å². The van der Waals surface area contributed by atoms with Crippen LogP contribution in [0.4, 0.5) is 0 Å². The molecule has 0 unspecified atom stereocenters. The quantitative estimate of drug-likeness (QED) is 0.862. The van der Waals surface area contributed by atoms with Gasteiger partial charge in [0, 0.05) is 22.6 Å². The molecule has 0 radical (unpaired) electrons. The third-order valence-corrected chi connectivity index (χ3v) is 3.93. The van der Waals surface area contributed by atoms with Crippen molar-refractivity contribution in [3.8, 4) is 5.75 Å². The highest BCUT2D eigenvalue weighted by Gasteiger charge is 2.07. The first-order valence-corrected chi connectivity index (χ1v) is 7.52. The molecule has 0 aliphatic heterocycles. The minimum Gasteiger partial charge on any atom is -0.496 e. The molecule has 1 N–H and O–H groups in total. The van der Waals surface area contributed by atoms with E-state index in [9.17, 15) is 0 Å². The van der Waals surface area contributed by atoms with Crippen molar-refractivity contribution < 1.29 is 4.74 Å². The second kappa shape index (κ2) is 6.91. The fraction of sp³-hybridized carbons (Fsp3) is 0.294. The fourth-order valence-electron chi connectivity index (χ4n) is 2.18. The Labute approximate surface area is 129 Å². The molecule has 0 aromatic heterocycles. The van der Waals surface area contributed by atoms with Crippen molar-refractivity contribution in [3.63, 3.8) is 0 Å². The van der Waals surface area contributed by atoms with Crippen LogP contribution in [0.25, 0.3) is 0 Å². The van der Waals surface area contributed by atoms with E-state index in [1.807, 2.05) is 6.07 Å². The molecule has 0 aliphatic carbocycles. The van der Waals surface area contributed by atoms with Gasteiger partial charge in [0.15, 0.2) is 0 Å². The van der Waals surface area contributed by atoms with Crippen molar-refractivity contribution in [1.29, 1.82) is 0 Å². The Kier molecular flexibility index (Phi) is 5.21. The number of benzene rings is 2. The van der Waals surface area contributed by atoms with Crippen molar-refractivity contribution in [2.45, 2.75) is 26.4 Å². The van der Waals surface area contributed by atoms with E-state index in [1.54, 1.807) is 7.11 Å². The summed E-state index contributed by atoms with van der Waals surface area (Å²) in [5.41, 5.74) is 3.72. The molecule has 1 atom stereocenters. The molecule has 0 saturated carbocycles. The summed E-state index contributed by atoms with van der Waals surface area (Å²) in [6, 6.07) is 15.0. The van der Waals surface area contributed by atoms with Crippen LogP contribution < -0.4 is 10.1 Å². The highest BCUT2D eigenvalue weighted by Crippen LogP contribution is 2.21. The normalized spacial score (nSPS) is 12.2. The molecule has 3 heteroatoms. The van der Waals surface area contributed by atoms with Crippen LogP contribution in [0.15, 0.2) is 46.9 Å². The summed E-state index contributed by atoms with van der Waals surface area (Å²) in [6.45, 7) is 5.06. The maximum atomic E-state index is 5.41. The first-order valence-electron chi connectivity index (χ1n) is 6.72. The molecule has 2 aromatic rings. The third-order valence-electron chi connectivity index (χ3n) is 3.40. The number of aryl methyl sites for hydroxylation is 1. The summed E-state index contributed by atoms with van der Waals surface area (Å²) in [6.07, 6.45) is 0. The molecule has 0 fully saturated rings. The Hall–Kier alpha value is -1.32. The van der Waals surface area contributed by atoms with Gasteiger partial charge in [-0.15, -0.1) is 0 Å². The molecule has 2 nitrogen and oxygen atoms in total. The first kappa shape index (κ1) is 15.1. The van der Waals surface area contributed by atoms with Gasteiger partial charge in [-0.25, -0.2) is 0 Å². The number of hydrogen-bond acceptors (Lipinski definition) is 2. The van der Waals surface area contributed by atoms with Gasteiger partial charge in [-0.05, 0) is 37.6 Å². The summed E-state index contributed by atoms with van der Waals surface area (Å²) in [5, 5.41) is 3.54. The lowest BCUT2D eigenvalue weighted by atomic mass is 10.1. The second-order valence-corrected chi connectivity index (χ2v) is 5.89. The maximum absolute atomic E-state index is 5.41. The van der Waals surface area contributed by atoms with Gasteiger partial charge in [0.25, 0.3) is 0 Å². The Morgan fingerprint density at radius 3 is 2.50 bits per heavy atom. The van der Waals surface area contributed by atoms with Gasteiger partial charge in [0.1, 0.15) is 5.75 Å². The summed E-state index contributed by atoms with van der Waals surface area (Å²) >= 11 is 3.46. The molecule has 0 bridgehead atoms. The number of halogens is 1. The molecular weight excluding hydrogens is 314 g/mol. The van der Waals surface area contributed by atoms with E-state index in [-0.39, 0.29) is 0 Å². The van der Waals surface area contributed by atoms with Gasteiger partial charge in [0.05, 0.1) is 7.11 Å². The SMILES string of the molecule is COc1ccc(C)cc1CN[C@H](C)c1ccc(Br)cc1. The molecule has 2 rings (SSSR count). The topological polar surface area (TPSA) is 21.3 Å². The minimum absolute atomic E-state index is 0.299. The van der Waals surface area contributed by atoms with Gasteiger partial charge in [-0.2, -0.15) is 0 Å². The fourth-order valence-corrected chi connectivity index (χ4v) is 2.44. The lowest BCUT2D eigenvalue weighted by Gasteiger charge is -2.16. The van der Waals surface area contributed by atoms with Crippen molar-refractivity contribution in [2.24, 2.45) is 0 Å². The number of nitrogens with one attached hydrogen (secondary N) is 1. The maximum Gasteiger partial charge on any atom is 0.123 e. The number of methoxy groups -OCH3 is 1. The molecule has 0 spiro atoms. The molecule has 20 heavy (non-hydrogen) atoms. The van der Waals surface area contributed by atoms with Gasteiger partial charge in [0.2, 0.25) is 0 Å². The Morgan fingerprint density at radius 2 is 1.85 bits per heavy atom. The number of ether oxygens (including phenoxy) is 1. The van der Waals surface area contributed by atoms with Crippen molar-refractivity contribution >= 4 is 15.9 Å².